The van der Waals surface area contributed by atoms with Crippen molar-refractivity contribution in [1.29, 1.82) is 0 Å². The first-order valence-electron chi connectivity index (χ1n) is 6.82. The Kier molecular flexibility index (Phi) is 4.51. The summed E-state index contributed by atoms with van der Waals surface area (Å²) in [5, 5.41) is 0. The molecule has 0 fully saturated rings. The number of Topliss-reactive ketones (excluding diaryl/α,β-unsaturated/α-hetero) is 1. The van der Waals surface area contributed by atoms with E-state index in [0.29, 0.717) is 5.92 Å². The van der Waals surface area contributed by atoms with Crippen molar-refractivity contribution >= 4 is 5.78 Å². The van der Waals surface area contributed by atoms with Gasteiger partial charge in [-0.15, -0.1) is 0 Å². The van der Waals surface area contributed by atoms with E-state index in [1.54, 1.807) is 0 Å². The van der Waals surface area contributed by atoms with Crippen LogP contribution in [0.15, 0.2) is 60.7 Å². The van der Waals surface area contributed by atoms with Crippen molar-refractivity contribution in [2.75, 3.05) is 0 Å². The van der Waals surface area contributed by atoms with Gasteiger partial charge < -0.3 is 0 Å². The molecule has 0 aromatic heterocycles. The molecule has 2 aromatic rings. The van der Waals surface area contributed by atoms with Crippen molar-refractivity contribution in [3.05, 3.63) is 71.8 Å². The second kappa shape index (κ2) is 6.33. The van der Waals surface area contributed by atoms with Crippen LogP contribution in [0, 0.1) is 5.92 Å². The van der Waals surface area contributed by atoms with Crippen LogP contribution in [0.4, 0.5) is 0 Å². The third kappa shape index (κ3) is 3.54. The van der Waals surface area contributed by atoms with E-state index in [-0.39, 0.29) is 11.7 Å². The molecule has 98 valence electrons. The summed E-state index contributed by atoms with van der Waals surface area (Å²) in [5.41, 5.74) is 1.92. The lowest BCUT2D eigenvalue weighted by Crippen LogP contribution is -2.15. The van der Waals surface area contributed by atoms with Crippen LogP contribution in [-0.4, -0.2) is 5.78 Å². The van der Waals surface area contributed by atoms with Crippen molar-refractivity contribution in [1.82, 2.24) is 0 Å². The molecule has 0 spiro atoms. The van der Waals surface area contributed by atoms with E-state index >= 15 is 0 Å². The Labute approximate surface area is 115 Å². The average molecular weight is 252 g/mol. The fourth-order valence-corrected chi connectivity index (χ4v) is 2.35. The molecule has 0 aliphatic heterocycles. The van der Waals surface area contributed by atoms with Crippen LogP contribution in [0.25, 0.3) is 0 Å². The maximum Gasteiger partial charge on any atom is 0.170 e. The van der Waals surface area contributed by atoms with Gasteiger partial charge in [0.2, 0.25) is 0 Å². The second-order valence-corrected chi connectivity index (χ2v) is 5.32. The molecule has 0 N–H and O–H groups in total. The van der Waals surface area contributed by atoms with Gasteiger partial charge in [-0.1, -0.05) is 74.5 Å². The first-order valence-corrected chi connectivity index (χ1v) is 6.82. The molecule has 0 unspecified atom stereocenters. The van der Waals surface area contributed by atoms with Crippen LogP contribution in [-0.2, 0) is 0 Å². The summed E-state index contributed by atoms with van der Waals surface area (Å²) in [4.78, 5) is 12.7. The summed E-state index contributed by atoms with van der Waals surface area (Å²) in [6.07, 6.45) is 0.887. The van der Waals surface area contributed by atoms with Gasteiger partial charge in [0.05, 0.1) is 0 Å². The SMILES string of the molecule is CC(C)C[C@H](C(=O)c1ccccc1)c1ccccc1. The molecule has 0 amide bonds. The van der Waals surface area contributed by atoms with Crippen LogP contribution >= 0.6 is 0 Å². The molecular weight excluding hydrogens is 232 g/mol. The van der Waals surface area contributed by atoms with Crippen LogP contribution in [0.2, 0.25) is 0 Å². The lowest BCUT2D eigenvalue weighted by atomic mass is 9.84. The van der Waals surface area contributed by atoms with E-state index in [9.17, 15) is 4.79 Å². The Morgan fingerprint density at radius 1 is 0.895 bits per heavy atom. The predicted octanol–water partition coefficient (Wildman–Crippen LogP) is 4.70. The minimum atomic E-state index is -0.0383. The minimum absolute atomic E-state index is 0.0383. The molecular formula is C18H20O. The molecule has 0 bridgehead atoms. The number of carbonyl (C=O) groups is 1. The zero-order valence-corrected chi connectivity index (χ0v) is 11.5. The molecule has 1 heteroatoms. The summed E-state index contributed by atoms with van der Waals surface area (Å²) in [5.74, 6) is 0.682. The van der Waals surface area contributed by atoms with Crippen molar-refractivity contribution < 1.29 is 4.79 Å². The van der Waals surface area contributed by atoms with Gasteiger partial charge in [0.15, 0.2) is 5.78 Å². The van der Waals surface area contributed by atoms with E-state index in [0.717, 1.165) is 17.5 Å². The molecule has 1 nitrogen and oxygen atoms in total. The Morgan fingerprint density at radius 2 is 1.42 bits per heavy atom. The smallest absolute Gasteiger partial charge is 0.170 e. The third-order valence-electron chi connectivity index (χ3n) is 3.28. The van der Waals surface area contributed by atoms with Crippen LogP contribution in [0.5, 0.6) is 0 Å². The molecule has 0 aliphatic carbocycles. The van der Waals surface area contributed by atoms with E-state index in [4.69, 9.17) is 0 Å². The zero-order valence-electron chi connectivity index (χ0n) is 11.5. The van der Waals surface area contributed by atoms with Gasteiger partial charge in [0.25, 0.3) is 0 Å². The lowest BCUT2D eigenvalue weighted by Gasteiger charge is -2.18. The number of carbonyl (C=O) groups excluding carboxylic acids is 1. The molecule has 0 saturated carbocycles. The first-order chi connectivity index (χ1) is 9.18. The minimum Gasteiger partial charge on any atom is -0.293 e. The van der Waals surface area contributed by atoms with Gasteiger partial charge in [-0.2, -0.15) is 0 Å². The van der Waals surface area contributed by atoms with E-state index < -0.39 is 0 Å². The Bertz CT molecular complexity index is 514. The lowest BCUT2D eigenvalue weighted by molar-refractivity contribution is 0.0948. The highest BCUT2D eigenvalue weighted by molar-refractivity contribution is 6.00. The largest absolute Gasteiger partial charge is 0.293 e. The second-order valence-electron chi connectivity index (χ2n) is 5.32. The Balaban J connectivity index is 2.31. The molecule has 2 aromatic carbocycles. The molecule has 0 heterocycles. The topological polar surface area (TPSA) is 17.1 Å². The number of benzene rings is 2. The van der Waals surface area contributed by atoms with E-state index in [1.165, 1.54) is 0 Å². The summed E-state index contributed by atoms with van der Waals surface area (Å²) in [7, 11) is 0. The van der Waals surface area contributed by atoms with Gasteiger partial charge >= 0.3 is 0 Å². The van der Waals surface area contributed by atoms with Crippen molar-refractivity contribution in [2.24, 2.45) is 5.92 Å². The van der Waals surface area contributed by atoms with Crippen molar-refractivity contribution in [2.45, 2.75) is 26.2 Å². The molecule has 0 aliphatic rings. The van der Waals surface area contributed by atoms with E-state index in [2.05, 4.69) is 13.8 Å². The summed E-state index contributed by atoms with van der Waals surface area (Å²) < 4.78 is 0. The number of rotatable bonds is 5. The highest BCUT2D eigenvalue weighted by atomic mass is 16.1. The zero-order chi connectivity index (χ0) is 13.7. The van der Waals surface area contributed by atoms with Crippen LogP contribution < -0.4 is 0 Å². The summed E-state index contributed by atoms with van der Waals surface area (Å²) in [6.45, 7) is 4.32. The molecule has 0 saturated heterocycles. The normalized spacial score (nSPS) is 12.4. The summed E-state index contributed by atoms with van der Waals surface area (Å²) >= 11 is 0. The molecule has 2 rings (SSSR count). The highest BCUT2D eigenvalue weighted by Gasteiger charge is 2.22. The van der Waals surface area contributed by atoms with Crippen LogP contribution in [0.1, 0.15) is 42.1 Å². The van der Waals surface area contributed by atoms with Gasteiger partial charge in [-0.25, -0.2) is 0 Å². The maximum absolute atomic E-state index is 12.7. The van der Waals surface area contributed by atoms with Gasteiger partial charge in [0, 0.05) is 11.5 Å². The Morgan fingerprint density at radius 3 is 1.95 bits per heavy atom. The van der Waals surface area contributed by atoms with Crippen molar-refractivity contribution in [3.8, 4) is 0 Å². The fourth-order valence-electron chi connectivity index (χ4n) is 2.35. The monoisotopic (exact) mass is 252 g/mol. The van der Waals surface area contributed by atoms with Gasteiger partial charge in [0.1, 0.15) is 0 Å². The first kappa shape index (κ1) is 13.5. The molecule has 19 heavy (non-hydrogen) atoms. The van der Waals surface area contributed by atoms with Crippen LogP contribution in [0.3, 0.4) is 0 Å². The Hall–Kier alpha value is -1.89. The van der Waals surface area contributed by atoms with Gasteiger partial charge in [-0.3, -0.25) is 4.79 Å². The molecule has 0 radical (unpaired) electrons. The quantitative estimate of drug-likeness (QED) is 0.705. The van der Waals surface area contributed by atoms with E-state index in [1.807, 2.05) is 60.7 Å². The predicted molar refractivity (Wildman–Crippen MR) is 79.4 cm³/mol. The number of hydrogen-bond donors (Lipinski definition) is 0. The summed E-state index contributed by atoms with van der Waals surface area (Å²) in [6, 6.07) is 19.7. The number of hydrogen-bond acceptors (Lipinski definition) is 1. The van der Waals surface area contributed by atoms with Crippen molar-refractivity contribution in [3.63, 3.8) is 0 Å². The van der Waals surface area contributed by atoms with Gasteiger partial charge in [-0.05, 0) is 17.9 Å². The standard InChI is InChI=1S/C18H20O/c1-14(2)13-17(15-9-5-3-6-10-15)18(19)16-11-7-4-8-12-16/h3-12,14,17H,13H2,1-2H3/t17-/m0/s1. The average Bonchev–Trinajstić information content (AvgIpc) is 2.46. The fraction of sp³-hybridized carbons (Fsp3) is 0.278. The highest BCUT2D eigenvalue weighted by Crippen LogP contribution is 2.27. The number of ketones is 1. The maximum atomic E-state index is 12.7. The third-order valence-corrected chi connectivity index (χ3v) is 3.28. The molecule has 1 atom stereocenters.